The smallest absolute Gasteiger partial charge is 0.101 e. The number of hydrogen-bond donors (Lipinski definition) is 3. The van der Waals surface area contributed by atoms with Crippen molar-refractivity contribution in [2.24, 2.45) is 0 Å². The van der Waals surface area contributed by atoms with Crippen molar-refractivity contribution in [1.82, 2.24) is 0 Å². The van der Waals surface area contributed by atoms with Crippen LogP contribution in [0.5, 0.6) is 0 Å². The van der Waals surface area contributed by atoms with E-state index < -0.39 is 0 Å². The zero-order valence-electron chi connectivity index (χ0n) is 31.2. The molecule has 3 N–H and O–H groups in total. The molecular weight excluding hydrogens is 618 g/mol. The lowest BCUT2D eigenvalue weighted by Gasteiger charge is -2.28. The molecule has 0 aromatic carbocycles. The van der Waals surface area contributed by atoms with Gasteiger partial charge in [-0.3, -0.25) is 0 Å². The van der Waals surface area contributed by atoms with E-state index in [-0.39, 0.29) is 30.2 Å². The van der Waals surface area contributed by atoms with Gasteiger partial charge in [0.15, 0.2) is 0 Å². The maximum absolute atomic E-state index is 9.63. The topological polar surface area (TPSA) is 44.9 Å². The molecule has 274 valence electrons. The first-order valence-electron chi connectivity index (χ1n) is 20.9. The average Bonchev–Trinajstić information content (AvgIpc) is 3.03. The normalized spacial score (nSPS) is 11.6. The summed E-state index contributed by atoms with van der Waals surface area (Å²) in [4.78, 5) is 1.44. The highest BCUT2D eigenvalue weighted by molar-refractivity contribution is 4.60. The lowest BCUT2D eigenvalue weighted by Crippen LogP contribution is -3.16. The Balaban J connectivity index is 0. The average molecular weight is 705 g/mol. The summed E-state index contributed by atoms with van der Waals surface area (Å²) in [6, 6.07) is 0.618. The highest BCUT2D eigenvalue weighted by atomic mass is 79.9. The molecule has 0 aliphatic heterocycles. The molecule has 0 saturated heterocycles. The van der Waals surface area contributed by atoms with Crippen LogP contribution >= 0.6 is 0 Å². The van der Waals surface area contributed by atoms with Crippen molar-refractivity contribution in [2.45, 2.75) is 238 Å². The van der Waals surface area contributed by atoms with Gasteiger partial charge in [0.05, 0.1) is 19.3 Å². The summed E-state index contributed by atoms with van der Waals surface area (Å²) in [6.45, 7) is 6.67. The van der Waals surface area contributed by atoms with E-state index in [1.54, 1.807) is 0 Å². The van der Waals surface area contributed by atoms with Crippen molar-refractivity contribution in [3.05, 3.63) is 0 Å². The van der Waals surface area contributed by atoms with Gasteiger partial charge in [-0.2, -0.15) is 0 Å². The SMILES string of the molecule is CCCCCCCCCCCCCCCCCCC(CCCCCCCCCCCCCCCCCC)[NH+](CCO)CCO.[Br-]. The van der Waals surface area contributed by atoms with Gasteiger partial charge in [0.25, 0.3) is 0 Å². The summed E-state index contributed by atoms with van der Waals surface area (Å²) in [5.41, 5.74) is 0. The number of quaternary nitrogens is 1. The molecule has 0 aromatic rings. The van der Waals surface area contributed by atoms with Crippen LogP contribution in [0.15, 0.2) is 0 Å². The van der Waals surface area contributed by atoms with Gasteiger partial charge in [-0.15, -0.1) is 0 Å². The number of unbranched alkanes of at least 4 members (excludes halogenated alkanes) is 30. The lowest BCUT2D eigenvalue weighted by molar-refractivity contribution is -0.927. The van der Waals surface area contributed by atoms with E-state index in [0.29, 0.717) is 6.04 Å². The largest absolute Gasteiger partial charge is 1.00 e. The number of aliphatic hydroxyl groups is 2. The lowest BCUT2D eigenvalue weighted by atomic mass is 9.98. The Kier molecular flexibility index (Phi) is 44.7. The molecular formula is C41H86BrNO2. The highest BCUT2D eigenvalue weighted by Crippen LogP contribution is 2.17. The van der Waals surface area contributed by atoms with Crippen molar-refractivity contribution in [2.75, 3.05) is 26.3 Å². The molecule has 0 heterocycles. The summed E-state index contributed by atoms with van der Waals surface area (Å²) in [5, 5.41) is 19.3. The molecule has 0 aliphatic rings. The summed E-state index contributed by atoms with van der Waals surface area (Å²) < 4.78 is 0. The van der Waals surface area contributed by atoms with Crippen LogP contribution in [0, 0.1) is 0 Å². The van der Waals surface area contributed by atoms with Gasteiger partial charge in [-0.1, -0.05) is 206 Å². The molecule has 0 aliphatic carbocycles. The van der Waals surface area contributed by atoms with E-state index in [2.05, 4.69) is 13.8 Å². The van der Waals surface area contributed by atoms with Crippen LogP contribution in [0.3, 0.4) is 0 Å². The summed E-state index contributed by atoms with van der Waals surface area (Å²) >= 11 is 0. The zero-order chi connectivity index (χ0) is 32.0. The predicted octanol–water partition coefficient (Wildman–Crippen LogP) is 8.53. The van der Waals surface area contributed by atoms with Crippen molar-refractivity contribution < 1.29 is 32.1 Å². The van der Waals surface area contributed by atoms with E-state index in [9.17, 15) is 10.2 Å². The van der Waals surface area contributed by atoms with Crippen molar-refractivity contribution in [3.8, 4) is 0 Å². The molecule has 0 atom stereocenters. The molecule has 45 heavy (non-hydrogen) atoms. The second kappa shape index (κ2) is 42.4. The minimum atomic E-state index is 0. The molecule has 0 saturated carbocycles. The first-order valence-corrected chi connectivity index (χ1v) is 20.9. The van der Waals surface area contributed by atoms with Crippen molar-refractivity contribution in [3.63, 3.8) is 0 Å². The van der Waals surface area contributed by atoms with Gasteiger partial charge in [-0.05, 0) is 25.7 Å². The highest BCUT2D eigenvalue weighted by Gasteiger charge is 2.20. The Labute approximate surface area is 295 Å². The standard InChI is InChI=1S/C41H85NO2.BrH/c1-3-5-7-9-11-13-15-17-19-21-23-25-27-29-31-33-35-41(42(37-39-43)38-40-44)36-34-32-30-28-26-24-22-20-18-16-14-12-10-8-6-4-2;/h41,43-44H,3-40H2,1-2H3;1H. The van der Waals surface area contributed by atoms with E-state index in [4.69, 9.17) is 0 Å². The minimum absolute atomic E-state index is 0. The van der Waals surface area contributed by atoms with Crippen molar-refractivity contribution in [1.29, 1.82) is 0 Å². The summed E-state index contributed by atoms with van der Waals surface area (Å²) in [7, 11) is 0. The zero-order valence-corrected chi connectivity index (χ0v) is 32.8. The third kappa shape index (κ3) is 37.0. The van der Waals surface area contributed by atoms with Crippen LogP contribution in [0.4, 0.5) is 0 Å². The van der Waals surface area contributed by atoms with E-state index in [1.165, 1.54) is 223 Å². The fraction of sp³-hybridized carbons (Fsp3) is 1.00. The molecule has 0 spiro atoms. The number of rotatable bonds is 39. The second-order valence-electron chi connectivity index (χ2n) is 14.5. The molecule has 0 rings (SSSR count). The quantitative estimate of drug-likeness (QED) is 0.0562. The maximum Gasteiger partial charge on any atom is 0.101 e. The molecule has 0 amide bonds. The molecule has 0 bridgehead atoms. The molecule has 0 aromatic heterocycles. The van der Waals surface area contributed by atoms with E-state index in [0.717, 1.165) is 13.1 Å². The Morgan fingerprint density at radius 2 is 0.533 bits per heavy atom. The van der Waals surface area contributed by atoms with Crippen LogP contribution in [-0.2, 0) is 0 Å². The molecule has 0 radical (unpaired) electrons. The molecule has 0 fully saturated rings. The number of halogens is 1. The van der Waals surface area contributed by atoms with Gasteiger partial charge in [-0.25, -0.2) is 0 Å². The number of nitrogens with one attached hydrogen (secondary N) is 1. The molecule has 4 heteroatoms. The second-order valence-corrected chi connectivity index (χ2v) is 14.5. The first-order chi connectivity index (χ1) is 21.8. The van der Waals surface area contributed by atoms with Gasteiger partial charge >= 0.3 is 0 Å². The fourth-order valence-electron chi connectivity index (χ4n) is 7.25. The maximum atomic E-state index is 9.63. The Morgan fingerprint density at radius 3 is 0.733 bits per heavy atom. The molecule has 0 unspecified atom stereocenters. The molecule has 3 nitrogen and oxygen atoms in total. The van der Waals surface area contributed by atoms with Gasteiger partial charge in [0.2, 0.25) is 0 Å². The van der Waals surface area contributed by atoms with Gasteiger partial charge in [0, 0.05) is 0 Å². The van der Waals surface area contributed by atoms with Crippen LogP contribution < -0.4 is 21.9 Å². The van der Waals surface area contributed by atoms with E-state index in [1.807, 2.05) is 0 Å². The van der Waals surface area contributed by atoms with E-state index >= 15 is 0 Å². The number of hydrogen-bond acceptors (Lipinski definition) is 2. The van der Waals surface area contributed by atoms with Crippen LogP contribution in [0.2, 0.25) is 0 Å². The first kappa shape index (κ1) is 47.5. The predicted molar refractivity (Wildman–Crippen MR) is 197 cm³/mol. The van der Waals surface area contributed by atoms with Crippen LogP contribution in [0.1, 0.15) is 232 Å². The monoisotopic (exact) mass is 704 g/mol. The minimum Gasteiger partial charge on any atom is -1.00 e. The third-order valence-corrected chi connectivity index (χ3v) is 10.3. The third-order valence-electron chi connectivity index (χ3n) is 10.3. The van der Waals surface area contributed by atoms with Crippen LogP contribution in [-0.4, -0.2) is 42.6 Å². The Hall–Kier alpha value is 0.360. The van der Waals surface area contributed by atoms with Crippen LogP contribution in [0.25, 0.3) is 0 Å². The Morgan fingerprint density at radius 1 is 0.333 bits per heavy atom. The van der Waals surface area contributed by atoms with Gasteiger partial charge in [0.1, 0.15) is 13.1 Å². The Bertz CT molecular complexity index is 464. The van der Waals surface area contributed by atoms with Crippen molar-refractivity contribution >= 4 is 0 Å². The van der Waals surface area contributed by atoms with Gasteiger partial charge < -0.3 is 32.1 Å². The summed E-state index contributed by atoms with van der Waals surface area (Å²) in [6.07, 6.45) is 48.0. The summed E-state index contributed by atoms with van der Waals surface area (Å²) in [5.74, 6) is 0. The number of aliphatic hydroxyl groups excluding tert-OH is 2. The fourth-order valence-corrected chi connectivity index (χ4v) is 7.25.